The van der Waals surface area contributed by atoms with Gasteiger partial charge in [0, 0.05) is 6.54 Å². The van der Waals surface area contributed by atoms with Crippen molar-refractivity contribution in [1.29, 1.82) is 0 Å². The summed E-state index contributed by atoms with van der Waals surface area (Å²) in [4.78, 5) is 11.2. The number of hydrogen-bond donors (Lipinski definition) is 1. The SMILES string of the molecule is C=C/C=C\CC/C=C/C(=O)NCC(C)C. The largest absolute Gasteiger partial charge is 0.352 e. The maximum atomic E-state index is 11.2. The monoisotopic (exact) mass is 207 g/mol. The number of allylic oxidation sites excluding steroid dienone is 4. The van der Waals surface area contributed by atoms with Gasteiger partial charge in [-0.2, -0.15) is 0 Å². The predicted molar refractivity (Wildman–Crippen MR) is 65.6 cm³/mol. The van der Waals surface area contributed by atoms with E-state index in [0.29, 0.717) is 5.92 Å². The zero-order valence-corrected chi connectivity index (χ0v) is 9.70. The Hall–Kier alpha value is -1.31. The third-order valence-corrected chi connectivity index (χ3v) is 1.73. The van der Waals surface area contributed by atoms with Gasteiger partial charge in [-0.05, 0) is 24.8 Å². The highest BCUT2D eigenvalue weighted by Crippen LogP contribution is 1.93. The number of amides is 1. The van der Waals surface area contributed by atoms with E-state index in [1.54, 1.807) is 12.2 Å². The highest BCUT2D eigenvalue weighted by Gasteiger charge is 1.95. The lowest BCUT2D eigenvalue weighted by Gasteiger charge is -2.03. The number of rotatable bonds is 7. The zero-order chi connectivity index (χ0) is 11.5. The number of carbonyl (C=O) groups excluding carboxylic acids is 1. The fourth-order valence-electron chi connectivity index (χ4n) is 0.939. The molecule has 0 saturated carbocycles. The quantitative estimate of drug-likeness (QED) is 0.388. The minimum Gasteiger partial charge on any atom is -0.352 e. The zero-order valence-electron chi connectivity index (χ0n) is 9.70. The van der Waals surface area contributed by atoms with E-state index in [1.165, 1.54) is 0 Å². The van der Waals surface area contributed by atoms with Gasteiger partial charge in [0.1, 0.15) is 0 Å². The van der Waals surface area contributed by atoms with Crippen molar-refractivity contribution in [2.45, 2.75) is 26.7 Å². The summed E-state index contributed by atoms with van der Waals surface area (Å²) in [6.45, 7) is 8.46. The van der Waals surface area contributed by atoms with E-state index in [4.69, 9.17) is 0 Å². The first-order valence-electron chi connectivity index (χ1n) is 5.38. The molecule has 0 aliphatic carbocycles. The van der Waals surface area contributed by atoms with Gasteiger partial charge in [0.15, 0.2) is 0 Å². The van der Waals surface area contributed by atoms with E-state index >= 15 is 0 Å². The second-order valence-corrected chi connectivity index (χ2v) is 3.78. The molecular weight excluding hydrogens is 186 g/mol. The normalized spacial score (nSPS) is 11.4. The van der Waals surface area contributed by atoms with E-state index in [-0.39, 0.29) is 5.91 Å². The predicted octanol–water partition coefficient (Wildman–Crippen LogP) is 2.84. The molecule has 2 heteroatoms. The number of hydrogen-bond acceptors (Lipinski definition) is 1. The summed E-state index contributed by atoms with van der Waals surface area (Å²) >= 11 is 0. The van der Waals surface area contributed by atoms with Gasteiger partial charge in [0.2, 0.25) is 5.91 Å². The van der Waals surface area contributed by atoms with Crippen molar-refractivity contribution < 1.29 is 4.79 Å². The van der Waals surface area contributed by atoms with Gasteiger partial charge >= 0.3 is 0 Å². The second-order valence-electron chi connectivity index (χ2n) is 3.78. The van der Waals surface area contributed by atoms with Crippen LogP contribution in [0.2, 0.25) is 0 Å². The minimum absolute atomic E-state index is 0.00333. The van der Waals surface area contributed by atoms with Crippen molar-refractivity contribution in [1.82, 2.24) is 5.32 Å². The maximum Gasteiger partial charge on any atom is 0.243 e. The smallest absolute Gasteiger partial charge is 0.243 e. The van der Waals surface area contributed by atoms with E-state index in [9.17, 15) is 4.79 Å². The molecule has 0 bridgehead atoms. The lowest BCUT2D eigenvalue weighted by Crippen LogP contribution is -2.25. The Kier molecular flexibility index (Phi) is 8.44. The van der Waals surface area contributed by atoms with Gasteiger partial charge in [-0.15, -0.1) is 0 Å². The van der Waals surface area contributed by atoms with E-state index in [0.717, 1.165) is 19.4 Å². The Morgan fingerprint density at radius 1 is 1.33 bits per heavy atom. The van der Waals surface area contributed by atoms with Crippen LogP contribution in [0.1, 0.15) is 26.7 Å². The van der Waals surface area contributed by atoms with Crippen LogP contribution < -0.4 is 5.32 Å². The molecule has 0 aromatic rings. The van der Waals surface area contributed by atoms with Crippen LogP contribution in [0, 0.1) is 5.92 Å². The highest BCUT2D eigenvalue weighted by atomic mass is 16.1. The van der Waals surface area contributed by atoms with Gasteiger partial charge in [-0.25, -0.2) is 0 Å². The molecule has 84 valence electrons. The molecule has 0 rings (SSSR count). The Bertz CT molecular complexity index is 239. The Balaban J connectivity index is 3.54. The third-order valence-electron chi connectivity index (χ3n) is 1.73. The molecule has 0 radical (unpaired) electrons. The topological polar surface area (TPSA) is 29.1 Å². The molecule has 2 nitrogen and oxygen atoms in total. The molecule has 0 aromatic carbocycles. The van der Waals surface area contributed by atoms with Crippen molar-refractivity contribution in [2.24, 2.45) is 5.92 Å². The Labute approximate surface area is 92.8 Å². The summed E-state index contributed by atoms with van der Waals surface area (Å²) in [5.74, 6) is 0.495. The molecule has 15 heavy (non-hydrogen) atoms. The molecule has 0 saturated heterocycles. The van der Waals surface area contributed by atoms with Gasteiger partial charge in [0.05, 0.1) is 0 Å². The summed E-state index contributed by atoms with van der Waals surface area (Å²) in [5, 5.41) is 2.82. The summed E-state index contributed by atoms with van der Waals surface area (Å²) in [6, 6.07) is 0. The fraction of sp³-hybridized carbons (Fsp3) is 0.462. The average molecular weight is 207 g/mol. The van der Waals surface area contributed by atoms with E-state index in [1.807, 2.05) is 18.2 Å². The van der Waals surface area contributed by atoms with Crippen LogP contribution in [0.4, 0.5) is 0 Å². The molecule has 0 fully saturated rings. The number of nitrogens with one attached hydrogen (secondary N) is 1. The van der Waals surface area contributed by atoms with Crippen LogP contribution in [0.25, 0.3) is 0 Å². The molecule has 0 aromatic heterocycles. The molecule has 1 N–H and O–H groups in total. The maximum absolute atomic E-state index is 11.2. The van der Waals surface area contributed by atoms with Crippen LogP contribution >= 0.6 is 0 Å². The lowest BCUT2D eigenvalue weighted by atomic mass is 10.2. The van der Waals surface area contributed by atoms with Crippen molar-refractivity contribution in [3.05, 3.63) is 37.0 Å². The van der Waals surface area contributed by atoms with E-state index < -0.39 is 0 Å². The van der Waals surface area contributed by atoms with E-state index in [2.05, 4.69) is 25.7 Å². The van der Waals surface area contributed by atoms with Crippen molar-refractivity contribution in [3.63, 3.8) is 0 Å². The summed E-state index contributed by atoms with van der Waals surface area (Å²) in [5.41, 5.74) is 0. The Morgan fingerprint density at radius 2 is 2.00 bits per heavy atom. The van der Waals surface area contributed by atoms with Crippen molar-refractivity contribution in [2.75, 3.05) is 6.54 Å². The van der Waals surface area contributed by atoms with Crippen LogP contribution in [0.3, 0.4) is 0 Å². The second kappa shape index (κ2) is 9.25. The summed E-state index contributed by atoms with van der Waals surface area (Å²) in [6.07, 6.45) is 11.0. The molecular formula is C13H21NO. The fourth-order valence-corrected chi connectivity index (χ4v) is 0.939. The van der Waals surface area contributed by atoms with Crippen LogP contribution in [0.15, 0.2) is 37.0 Å². The first-order valence-corrected chi connectivity index (χ1v) is 5.38. The molecule has 0 aliphatic heterocycles. The van der Waals surface area contributed by atoms with Gasteiger partial charge in [-0.3, -0.25) is 4.79 Å². The van der Waals surface area contributed by atoms with Crippen molar-refractivity contribution in [3.8, 4) is 0 Å². The summed E-state index contributed by atoms with van der Waals surface area (Å²) < 4.78 is 0. The lowest BCUT2D eigenvalue weighted by molar-refractivity contribution is -0.116. The summed E-state index contributed by atoms with van der Waals surface area (Å²) in [7, 11) is 0. The molecule has 1 amide bonds. The molecule has 0 spiro atoms. The molecule has 0 unspecified atom stereocenters. The molecule has 0 aliphatic rings. The first kappa shape index (κ1) is 13.7. The molecule has 0 heterocycles. The van der Waals surface area contributed by atoms with Crippen molar-refractivity contribution >= 4 is 5.91 Å². The third kappa shape index (κ3) is 10.6. The van der Waals surface area contributed by atoms with Gasteiger partial charge in [0.25, 0.3) is 0 Å². The molecule has 0 atom stereocenters. The standard InChI is InChI=1S/C13H21NO/c1-4-5-6-7-8-9-10-13(15)14-11-12(2)3/h4-6,9-10,12H,1,7-8,11H2,2-3H3,(H,14,15)/b6-5-,10-9+. The first-order chi connectivity index (χ1) is 7.16. The van der Waals surface area contributed by atoms with Gasteiger partial charge in [-0.1, -0.05) is 44.7 Å². The Morgan fingerprint density at radius 3 is 2.60 bits per heavy atom. The number of carbonyl (C=O) groups is 1. The minimum atomic E-state index is -0.00333. The average Bonchev–Trinajstić information content (AvgIpc) is 2.20. The highest BCUT2D eigenvalue weighted by molar-refractivity contribution is 5.87. The van der Waals surface area contributed by atoms with Crippen LogP contribution in [0.5, 0.6) is 0 Å². The number of unbranched alkanes of at least 4 members (excludes halogenated alkanes) is 1. The van der Waals surface area contributed by atoms with Gasteiger partial charge < -0.3 is 5.32 Å². The van der Waals surface area contributed by atoms with Crippen LogP contribution in [-0.2, 0) is 4.79 Å². The van der Waals surface area contributed by atoms with Crippen LogP contribution in [-0.4, -0.2) is 12.5 Å².